The van der Waals surface area contributed by atoms with Gasteiger partial charge in [0.2, 0.25) is 0 Å². The number of hydrogen-bond donors (Lipinski definition) is 1. The van der Waals surface area contributed by atoms with E-state index in [1.165, 1.54) is 25.9 Å². The summed E-state index contributed by atoms with van der Waals surface area (Å²) in [5, 5.41) is 5.40. The first-order valence-electron chi connectivity index (χ1n) is 5.65. The largest absolute Gasteiger partial charge is 0.366 e. The van der Waals surface area contributed by atoms with Gasteiger partial charge in [-0.05, 0) is 25.9 Å². The number of nitrogens with one attached hydrogen (secondary N) is 1. The second-order valence-electron chi connectivity index (χ2n) is 4.16. The van der Waals surface area contributed by atoms with Crippen LogP contribution in [-0.2, 0) is 0 Å². The predicted octanol–water partition coefficient (Wildman–Crippen LogP) is 2.22. The Balaban J connectivity index is 1.79. The van der Waals surface area contributed by atoms with Crippen LogP contribution in [0.1, 0.15) is 31.4 Å². The standard InChI is InChI=1S/C11H17N3S2/c1-9(10-6-16-8-13-10)11(15)12-7-14-4-2-3-5-14/h6,8-9H,2-5,7H2,1H3,(H,12,15). The van der Waals surface area contributed by atoms with E-state index < -0.39 is 0 Å². The van der Waals surface area contributed by atoms with Crippen LogP contribution >= 0.6 is 23.6 Å². The Morgan fingerprint density at radius 3 is 3.00 bits per heavy atom. The van der Waals surface area contributed by atoms with Crippen molar-refractivity contribution in [2.45, 2.75) is 25.7 Å². The summed E-state index contributed by atoms with van der Waals surface area (Å²) in [7, 11) is 0. The van der Waals surface area contributed by atoms with Crippen molar-refractivity contribution in [3.63, 3.8) is 0 Å². The molecule has 0 aliphatic carbocycles. The fraction of sp³-hybridized carbons (Fsp3) is 0.636. The third-order valence-electron chi connectivity index (χ3n) is 2.96. The number of aromatic nitrogens is 1. The molecular weight excluding hydrogens is 238 g/mol. The Hall–Kier alpha value is -0.520. The first kappa shape index (κ1) is 12.0. The van der Waals surface area contributed by atoms with Crippen LogP contribution in [0.2, 0.25) is 0 Å². The van der Waals surface area contributed by atoms with E-state index in [0.717, 1.165) is 17.4 Å². The van der Waals surface area contributed by atoms with E-state index in [4.69, 9.17) is 12.2 Å². The molecule has 1 aromatic heterocycles. The van der Waals surface area contributed by atoms with Crippen LogP contribution in [0.25, 0.3) is 0 Å². The number of nitrogens with zero attached hydrogens (tertiary/aromatic N) is 2. The molecule has 2 rings (SSSR count). The van der Waals surface area contributed by atoms with E-state index in [-0.39, 0.29) is 5.92 Å². The van der Waals surface area contributed by atoms with Crippen LogP contribution < -0.4 is 5.32 Å². The molecule has 16 heavy (non-hydrogen) atoms. The predicted molar refractivity (Wildman–Crippen MR) is 71.9 cm³/mol. The van der Waals surface area contributed by atoms with E-state index in [0.29, 0.717) is 0 Å². The first-order valence-corrected chi connectivity index (χ1v) is 7.00. The number of rotatable bonds is 4. The highest BCUT2D eigenvalue weighted by Gasteiger charge is 2.15. The van der Waals surface area contributed by atoms with E-state index in [9.17, 15) is 0 Å². The lowest BCUT2D eigenvalue weighted by atomic mass is 10.1. The molecule has 1 atom stereocenters. The van der Waals surface area contributed by atoms with Gasteiger partial charge in [-0.1, -0.05) is 19.1 Å². The first-order chi connectivity index (χ1) is 7.77. The van der Waals surface area contributed by atoms with Crippen LogP contribution in [0, 0.1) is 0 Å². The second-order valence-corrected chi connectivity index (χ2v) is 5.32. The zero-order chi connectivity index (χ0) is 11.4. The molecule has 0 saturated carbocycles. The molecule has 1 aromatic rings. The minimum absolute atomic E-state index is 0.226. The van der Waals surface area contributed by atoms with Crippen LogP contribution in [0.5, 0.6) is 0 Å². The molecule has 1 saturated heterocycles. The monoisotopic (exact) mass is 255 g/mol. The van der Waals surface area contributed by atoms with Gasteiger partial charge < -0.3 is 5.32 Å². The summed E-state index contributed by atoms with van der Waals surface area (Å²) in [6.07, 6.45) is 2.63. The molecule has 0 aromatic carbocycles. The molecule has 88 valence electrons. The molecule has 1 aliphatic heterocycles. The highest BCUT2D eigenvalue weighted by molar-refractivity contribution is 7.80. The number of hydrogen-bond acceptors (Lipinski definition) is 4. The maximum absolute atomic E-state index is 5.39. The Morgan fingerprint density at radius 2 is 2.38 bits per heavy atom. The lowest BCUT2D eigenvalue weighted by Crippen LogP contribution is -2.37. The number of thiazole rings is 1. The summed E-state index contributed by atoms with van der Waals surface area (Å²) < 4.78 is 0. The molecule has 5 heteroatoms. The molecule has 1 fully saturated rings. The van der Waals surface area contributed by atoms with E-state index in [1.807, 2.05) is 5.51 Å². The fourth-order valence-electron chi connectivity index (χ4n) is 1.85. The van der Waals surface area contributed by atoms with Gasteiger partial charge in [-0.2, -0.15) is 0 Å². The van der Waals surface area contributed by atoms with Gasteiger partial charge >= 0.3 is 0 Å². The average Bonchev–Trinajstić information content (AvgIpc) is 2.96. The zero-order valence-electron chi connectivity index (χ0n) is 9.48. The van der Waals surface area contributed by atoms with E-state index in [1.54, 1.807) is 11.3 Å². The van der Waals surface area contributed by atoms with Crippen molar-refractivity contribution in [2.75, 3.05) is 19.8 Å². The highest BCUT2D eigenvalue weighted by Crippen LogP contribution is 2.16. The van der Waals surface area contributed by atoms with Gasteiger partial charge in [-0.15, -0.1) is 11.3 Å². The van der Waals surface area contributed by atoms with E-state index in [2.05, 4.69) is 27.5 Å². The molecule has 1 unspecified atom stereocenters. The summed E-state index contributed by atoms with van der Waals surface area (Å²) in [4.78, 5) is 7.60. The van der Waals surface area contributed by atoms with Crippen molar-refractivity contribution in [2.24, 2.45) is 0 Å². The summed E-state index contributed by atoms with van der Waals surface area (Å²) >= 11 is 7.01. The molecule has 0 radical (unpaired) electrons. The number of thiocarbonyl (C=S) groups is 1. The summed E-state index contributed by atoms with van der Waals surface area (Å²) in [6.45, 7) is 5.38. The molecule has 3 nitrogen and oxygen atoms in total. The molecule has 1 N–H and O–H groups in total. The summed E-state index contributed by atoms with van der Waals surface area (Å²) in [5.41, 5.74) is 2.93. The van der Waals surface area contributed by atoms with E-state index >= 15 is 0 Å². The van der Waals surface area contributed by atoms with Crippen LogP contribution in [-0.4, -0.2) is 34.6 Å². The third kappa shape index (κ3) is 2.99. The topological polar surface area (TPSA) is 28.2 Å². The summed E-state index contributed by atoms with van der Waals surface area (Å²) in [6, 6.07) is 0. The van der Waals surface area contributed by atoms with Gasteiger partial charge in [0.25, 0.3) is 0 Å². The Labute approximate surface area is 106 Å². The second kappa shape index (κ2) is 5.70. The third-order valence-corrected chi connectivity index (χ3v) is 4.07. The quantitative estimate of drug-likeness (QED) is 0.835. The smallest absolute Gasteiger partial charge is 0.0852 e. The fourth-order valence-corrected chi connectivity index (χ4v) is 2.69. The minimum Gasteiger partial charge on any atom is -0.366 e. The molecule has 1 aliphatic rings. The molecular formula is C11H17N3S2. The van der Waals surface area contributed by atoms with Gasteiger partial charge in [-0.3, -0.25) is 4.90 Å². The van der Waals surface area contributed by atoms with Crippen LogP contribution in [0.15, 0.2) is 10.9 Å². The number of likely N-dealkylation sites (tertiary alicyclic amines) is 1. The van der Waals surface area contributed by atoms with Crippen molar-refractivity contribution in [3.05, 3.63) is 16.6 Å². The van der Waals surface area contributed by atoms with Gasteiger partial charge in [-0.25, -0.2) is 4.98 Å². The Bertz CT molecular complexity index is 331. The maximum Gasteiger partial charge on any atom is 0.0852 e. The van der Waals surface area contributed by atoms with Gasteiger partial charge in [0.05, 0.1) is 22.9 Å². The Morgan fingerprint density at radius 1 is 1.62 bits per heavy atom. The van der Waals surface area contributed by atoms with Gasteiger partial charge in [0.1, 0.15) is 0 Å². The van der Waals surface area contributed by atoms with Crippen molar-refractivity contribution < 1.29 is 0 Å². The molecule has 0 amide bonds. The molecule has 0 spiro atoms. The normalized spacial score (nSPS) is 18.6. The SMILES string of the molecule is CC(C(=S)NCN1CCCC1)c1cscn1. The molecule has 2 heterocycles. The lowest BCUT2D eigenvalue weighted by molar-refractivity contribution is 0.332. The van der Waals surface area contributed by atoms with Gasteiger partial charge in [0.15, 0.2) is 0 Å². The van der Waals surface area contributed by atoms with Crippen molar-refractivity contribution in [1.82, 2.24) is 15.2 Å². The van der Waals surface area contributed by atoms with Crippen LogP contribution in [0.4, 0.5) is 0 Å². The van der Waals surface area contributed by atoms with Crippen molar-refractivity contribution in [1.29, 1.82) is 0 Å². The maximum atomic E-state index is 5.39. The van der Waals surface area contributed by atoms with Crippen LogP contribution in [0.3, 0.4) is 0 Å². The molecule has 0 bridgehead atoms. The summed E-state index contributed by atoms with van der Waals surface area (Å²) in [5.74, 6) is 0.226. The van der Waals surface area contributed by atoms with Crippen molar-refractivity contribution >= 4 is 28.5 Å². The minimum atomic E-state index is 0.226. The zero-order valence-corrected chi connectivity index (χ0v) is 11.1. The van der Waals surface area contributed by atoms with Crippen molar-refractivity contribution in [3.8, 4) is 0 Å². The average molecular weight is 255 g/mol. The lowest BCUT2D eigenvalue weighted by Gasteiger charge is -2.19. The van der Waals surface area contributed by atoms with Gasteiger partial charge in [0, 0.05) is 11.3 Å². The Kier molecular flexibility index (Phi) is 4.26. The highest BCUT2D eigenvalue weighted by atomic mass is 32.1.